The van der Waals surface area contributed by atoms with Gasteiger partial charge in [0.15, 0.2) is 0 Å². The molecule has 0 aliphatic carbocycles. The van der Waals surface area contributed by atoms with E-state index in [1.807, 2.05) is 24.3 Å². The Balaban J connectivity index is 1.52. The van der Waals surface area contributed by atoms with Crippen LogP contribution in [-0.4, -0.2) is 10.7 Å². The molecule has 0 saturated carbocycles. The molecule has 1 aliphatic rings. The molecule has 2 aromatic heterocycles. The van der Waals surface area contributed by atoms with E-state index < -0.39 is 0 Å². The van der Waals surface area contributed by atoms with E-state index >= 15 is 0 Å². The second-order valence-corrected chi connectivity index (χ2v) is 9.24. The largest absolute Gasteiger partial charge is 0.231 e. The van der Waals surface area contributed by atoms with Crippen molar-refractivity contribution in [1.82, 2.24) is 4.98 Å². The molecule has 2 aromatic carbocycles. The zero-order valence-electron chi connectivity index (χ0n) is 15.7. The molecule has 29 heavy (non-hydrogen) atoms. The van der Waals surface area contributed by atoms with Gasteiger partial charge < -0.3 is 0 Å². The number of thiazole rings is 1. The maximum Gasteiger partial charge on any atom is 0.207 e. The average Bonchev–Trinajstić information content (AvgIpc) is 3.48. The number of nitrogens with zero attached hydrogens (tertiary/aromatic N) is 3. The molecule has 1 atom stereocenters. The Morgan fingerprint density at radius 2 is 1.79 bits per heavy atom. The number of hydrogen-bond acceptors (Lipinski definition) is 5. The van der Waals surface area contributed by atoms with Crippen LogP contribution in [0.1, 0.15) is 28.5 Å². The van der Waals surface area contributed by atoms with Gasteiger partial charge in [-0.3, -0.25) is 0 Å². The first-order valence-electron chi connectivity index (χ1n) is 9.36. The Bertz CT molecular complexity index is 1150. The summed E-state index contributed by atoms with van der Waals surface area (Å²) < 4.78 is 0. The summed E-state index contributed by atoms with van der Waals surface area (Å²) in [5, 5.41) is 12.9. The van der Waals surface area contributed by atoms with Crippen molar-refractivity contribution >= 4 is 45.1 Å². The van der Waals surface area contributed by atoms with E-state index in [9.17, 15) is 0 Å². The van der Waals surface area contributed by atoms with Gasteiger partial charge in [0.05, 0.1) is 22.3 Å². The highest BCUT2D eigenvalue weighted by atomic mass is 35.5. The summed E-state index contributed by atoms with van der Waals surface area (Å²) in [6.45, 7) is 2.11. The van der Waals surface area contributed by atoms with Crippen molar-refractivity contribution < 1.29 is 0 Å². The molecule has 4 aromatic rings. The molecule has 0 fully saturated rings. The summed E-state index contributed by atoms with van der Waals surface area (Å²) in [5.74, 6) is 0. The number of hydrazone groups is 1. The van der Waals surface area contributed by atoms with E-state index in [2.05, 4.69) is 59.1 Å². The number of anilines is 1. The molecule has 0 unspecified atom stereocenters. The third-order valence-electron chi connectivity index (χ3n) is 5.01. The van der Waals surface area contributed by atoms with Crippen molar-refractivity contribution in [2.45, 2.75) is 19.4 Å². The molecule has 3 nitrogen and oxygen atoms in total. The molecule has 0 amide bonds. The summed E-state index contributed by atoms with van der Waals surface area (Å²) in [6.07, 6.45) is 0.874. The van der Waals surface area contributed by atoms with Gasteiger partial charge in [0.1, 0.15) is 0 Å². The monoisotopic (exact) mass is 435 g/mol. The Labute approximate surface area is 182 Å². The minimum absolute atomic E-state index is 0.150. The maximum atomic E-state index is 6.03. The average molecular weight is 436 g/mol. The van der Waals surface area contributed by atoms with E-state index in [1.54, 1.807) is 22.7 Å². The minimum Gasteiger partial charge on any atom is -0.231 e. The molecule has 1 aliphatic heterocycles. The van der Waals surface area contributed by atoms with Crippen LogP contribution >= 0.6 is 34.3 Å². The summed E-state index contributed by atoms with van der Waals surface area (Å²) in [5.41, 5.74) is 5.65. The summed E-state index contributed by atoms with van der Waals surface area (Å²) >= 11 is 9.39. The van der Waals surface area contributed by atoms with E-state index in [0.717, 1.165) is 33.5 Å². The highest BCUT2D eigenvalue weighted by molar-refractivity contribution is 7.14. The number of thiophene rings is 1. The molecule has 144 valence electrons. The molecule has 0 bridgehead atoms. The number of rotatable bonds is 4. The SMILES string of the molecule is Cc1ccc([C@H]2CC(c3cccs3)=NN2c2nc(-c3ccc(Cl)cc3)cs2)cc1. The van der Waals surface area contributed by atoms with Crippen LogP contribution < -0.4 is 5.01 Å². The quantitative estimate of drug-likeness (QED) is 0.339. The third-order valence-corrected chi connectivity index (χ3v) is 7.01. The first kappa shape index (κ1) is 18.6. The lowest BCUT2D eigenvalue weighted by molar-refractivity contribution is 0.706. The molecule has 0 N–H and O–H groups in total. The van der Waals surface area contributed by atoms with Crippen molar-refractivity contribution in [3.8, 4) is 11.3 Å². The van der Waals surface area contributed by atoms with Gasteiger partial charge in [-0.05, 0) is 36.1 Å². The molecule has 3 heterocycles. The van der Waals surface area contributed by atoms with Crippen molar-refractivity contribution in [3.63, 3.8) is 0 Å². The van der Waals surface area contributed by atoms with Crippen LogP contribution in [0.2, 0.25) is 5.02 Å². The molecular formula is C23H18ClN3S2. The zero-order valence-corrected chi connectivity index (χ0v) is 18.1. The van der Waals surface area contributed by atoms with Crippen LogP contribution in [0.15, 0.2) is 76.5 Å². The molecule has 5 rings (SSSR count). The third kappa shape index (κ3) is 3.73. The standard InChI is InChI=1S/C23H18ClN3S2/c1-15-4-6-17(7-5-15)21-13-19(22-3-2-12-28-22)26-27(21)23-25-20(14-29-23)16-8-10-18(24)11-9-16/h2-12,14,21H,13H2,1H3/t21-/m1/s1. The fourth-order valence-corrected chi connectivity index (χ4v) is 5.13. The van der Waals surface area contributed by atoms with Crippen LogP contribution in [0.4, 0.5) is 5.13 Å². The Morgan fingerprint density at radius 1 is 1.00 bits per heavy atom. The van der Waals surface area contributed by atoms with Crippen molar-refractivity contribution in [3.05, 3.63) is 92.5 Å². The topological polar surface area (TPSA) is 28.5 Å². The van der Waals surface area contributed by atoms with E-state index in [0.29, 0.717) is 0 Å². The van der Waals surface area contributed by atoms with Crippen LogP contribution in [0.25, 0.3) is 11.3 Å². The number of hydrogen-bond donors (Lipinski definition) is 0. The van der Waals surface area contributed by atoms with Gasteiger partial charge in [0.25, 0.3) is 0 Å². The zero-order chi connectivity index (χ0) is 19.8. The van der Waals surface area contributed by atoms with Crippen molar-refractivity contribution in [1.29, 1.82) is 0 Å². The molecule has 0 radical (unpaired) electrons. The van der Waals surface area contributed by atoms with Gasteiger partial charge in [-0.2, -0.15) is 5.10 Å². The minimum atomic E-state index is 0.150. The fourth-order valence-electron chi connectivity index (χ4n) is 3.45. The second-order valence-electron chi connectivity index (χ2n) is 7.02. The van der Waals surface area contributed by atoms with Gasteiger partial charge in [0.2, 0.25) is 5.13 Å². The lowest BCUT2D eigenvalue weighted by atomic mass is 10.0. The number of halogens is 1. The van der Waals surface area contributed by atoms with Crippen LogP contribution in [0, 0.1) is 6.92 Å². The van der Waals surface area contributed by atoms with Gasteiger partial charge >= 0.3 is 0 Å². The smallest absolute Gasteiger partial charge is 0.207 e. The highest BCUT2D eigenvalue weighted by Gasteiger charge is 2.32. The normalized spacial score (nSPS) is 16.3. The molecule has 0 saturated heterocycles. The number of aromatic nitrogens is 1. The summed E-state index contributed by atoms with van der Waals surface area (Å²) in [4.78, 5) is 6.12. The summed E-state index contributed by atoms with van der Waals surface area (Å²) in [7, 11) is 0. The van der Waals surface area contributed by atoms with Gasteiger partial charge in [0, 0.05) is 22.4 Å². The van der Waals surface area contributed by atoms with E-state index in [-0.39, 0.29) is 6.04 Å². The van der Waals surface area contributed by atoms with Gasteiger partial charge in [-0.1, -0.05) is 59.6 Å². The van der Waals surface area contributed by atoms with Crippen molar-refractivity contribution in [2.75, 3.05) is 5.01 Å². The van der Waals surface area contributed by atoms with Crippen LogP contribution in [0.5, 0.6) is 0 Å². The molecule has 0 spiro atoms. The van der Waals surface area contributed by atoms with Crippen LogP contribution in [-0.2, 0) is 0 Å². The predicted octanol–water partition coefficient (Wildman–Crippen LogP) is 7.19. The molecular weight excluding hydrogens is 418 g/mol. The van der Waals surface area contributed by atoms with E-state index in [1.165, 1.54) is 16.0 Å². The predicted molar refractivity (Wildman–Crippen MR) is 124 cm³/mol. The van der Waals surface area contributed by atoms with E-state index in [4.69, 9.17) is 21.7 Å². The molecule has 6 heteroatoms. The maximum absolute atomic E-state index is 6.03. The van der Waals surface area contributed by atoms with Crippen LogP contribution in [0.3, 0.4) is 0 Å². The first-order chi connectivity index (χ1) is 14.2. The first-order valence-corrected chi connectivity index (χ1v) is 11.5. The number of aryl methyl sites for hydroxylation is 1. The Morgan fingerprint density at radius 3 is 2.52 bits per heavy atom. The Hall–Kier alpha value is -2.47. The lowest BCUT2D eigenvalue weighted by Gasteiger charge is -2.21. The second kappa shape index (κ2) is 7.75. The lowest BCUT2D eigenvalue weighted by Crippen LogP contribution is -2.18. The highest BCUT2D eigenvalue weighted by Crippen LogP contribution is 2.40. The summed E-state index contributed by atoms with van der Waals surface area (Å²) in [6, 6.07) is 20.9. The number of benzene rings is 2. The Kier molecular flexibility index (Phi) is 4.96. The van der Waals surface area contributed by atoms with Crippen molar-refractivity contribution in [2.24, 2.45) is 5.10 Å². The van der Waals surface area contributed by atoms with Gasteiger partial charge in [-0.25, -0.2) is 9.99 Å². The fraction of sp³-hybridized carbons (Fsp3) is 0.130. The van der Waals surface area contributed by atoms with Gasteiger partial charge in [-0.15, -0.1) is 22.7 Å².